The minimum atomic E-state index is 0.270. The van der Waals surface area contributed by atoms with Gasteiger partial charge in [-0.2, -0.15) is 0 Å². The highest BCUT2D eigenvalue weighted by Gasteiger charge is 2.10. The van der Waals surface area contributed by atoms with E-state index in [0.29, 0.717) is 11.5 Å². The number of methoxy groups -OCH3 is 2. The van der Waals surface area contributed by atoms with Gasteiger partial charge in [0.25, 0.3) is 0 Å². The minimum Gasteiger partial charge on any atom is -0.497 e. The number of benzene rings is 1. The second kappa shape index (κ2) is 4.40. The second-order valence-electron chi connectivity index (χ2n) is 3.01. The summed E-state index contributed by atoms with van der Waals surface area (Å²) in [6, 6.07) is 5.40. The van der Waals surface area contributed by atoms with Crippen LogP contribution in [0.25, 0.3) is 5.69 Å². The van der Waals surface area contributed by atoms with Crippen molar-refractivity contribution in [2.24, 2.45) is 0 Å². The number of hydrogen-bond acceptors (Lipinski definition) is 4. The molecule has 1 aromatic heterocycles. The average Bonchev–Trinajstić information content (AvgIpc) is 2.74. The van der Waals surface area contributed by atoms with Gasteiger partial charge in [0.1, 0.15) is 17.8 Å². The number of rotatable bonds is 3. The van der Waals surface area contributed by atoms with Crippen molar-refractivity contribution in [1.82, 2.24) is 14.8 Å². The third-order valence-electron chi connectivity index (χ3n) is 2.15. The van der Waals surface area contributed by atoms with Crippen LogP contribution in [0, 0.1) is 0 Å². The van der Waals surface area contributed by atoms with E-state index in [1.54, 1.807) is 37.0 Å². The maximum atomic E-state index is 5.89. The fourth-order valence-electron chi connectivity index (χ4n) is 1.37. The number of nitrogens with zero attached hydrogens (tertiary/aromatic N) is 3. The van der Waals surface area contributed by atoms with Crippen molar-refractivity contribution < 1.29 is 9.47 Å². The molecule has 1 heterocycles. The van der Waals surface area contributed by atoms with Gasteiger partial charge >= 0.3 is 0 Å². The summed E-state index contributed by atoms with van der Waals surface area (Å²) in [5.74, 6) is 1.38. The van der Waals surface area contributed by atoms with E-state index in [0.717, 1.165) is 5.69 Å². The van der Waals surface area contributed by atoms with E-state index >= 15 is 0 Å². The van der Waals surface area contributed by atoms with Crippen LogP contribution in [0.1, 0.15) is 0 Å². The maximum Gasteiger partial charge on any atom is 0.229 e. The summed E-state index contributed by atoms with van der Waals surface area (Å²) in [6.45, 7) is 0. The normalized spacial score (nSPS) is 10.2. The Hall–Kier alpha value is -1.75. The summed E-state index contributed by atoms with van der Waals surface area (Å²) in [5.41, 5.74) is 0.733. The van der Waals surface area contributed by atoms with E-state index in [2.05, 4.69) is 10.2 Å². The van der Waals surface area contributed by atoms with Gasteiger partial charge in [0.05, 0.1) is 19.9 Å². The first-order valence-corrected chi connectivity index (χ1v) is 4.92. The fraction of sp³-hybridized carbons (Fsp3) is 0.200. The molecule has 0 fully saturated rings. The third kappa shape index (κ3) is 1.81. The average molecular weight is 240 g/mol. The minimum absolute atomic E-state index is 0.270. The van der Waals surface area contributed by atoms with Crippen molar-refractivity contribution in [2.75, 3.05) is 14.2 Å². The van der Waals surface area contributed by atoms with Crippen LogP contribution in [-0.2, 0) is 0 Å². The maximum absolute atomic E-state index is 5.89. The molecule has 0 atom stereocenters. The first-order valence-electron chi connectivity index (χ1n) is 4.54. The largest absolute Gasteiger partial charge is 0.497 e. The summed E-state index contributed by atoms with van der Waals surface area (Å²) in [6.07, 6.45) is 1.51. The summed E-state index contributed by atoms with van der Waals surface area (Å²) in [7, 11) is 3.18. The first-order chi connectivity index (χ1) is 7.76. The Kier molecular flexibility index (Phi) is 2.96. The zero-order valence-corrected chi connectivity index (χ0v) is 9.60. The molecule has 5 nitrogen and oxygen atoms in total. The topological polar surface area (TPSA) is 49.2 Å². The Morgan fingerprint density at radius 3 is 2.62 bits per heavy atom. The van der Waals surface area contributed by atoms with E-state index in [1.165, 1.54) is 6.33 Å². The molecular formula is C10H10ClN3O2. The van der Waals surface area contributed by atoms with Crippen LogP contribution >= 0.6 is 11.6 Å². The van der Waals surface area contributed by atoms with E-state index in [-0.39, 0.29) is 5.28 Å². The second-order valence-corrected chi connectivity index (χ2v) is 3.35. The van der Waals surface area contributed by atoms with Crippen LogP contribution in [0.5, 0.6) is 11.5 Å². The van der Waals surface area contributed by atoms with Gasteiger partial charge in [0.15, 0.2) is 0 Å². The van der Waals surface area contributed by atoms with Crippen molar-refractivity contribution in [3.63, 3.8) is 0 Å². The van der Waals surface area contributed by atoms with E-state index in [1.807, 2.05) is 0 Å². The summed E-state index contributed by atoms with van der Waals surface area (Å²) in [5, 5.41) is 7.69. The Labute approximate surface area is 97.6 Å². The molecule has 0 bridgehead atoms. The van der Waals surface area contributed by atoms with Gasteiger partial charge in [-0.3, -0.25) is 4.57 Å². The van der Waals surface area contributed by atoms with Crippen LogP contribution < -0.4 is 9.47 Å². The number of halogens is 1. The lowest BCUT2D eigenvalue weighted by molar-refractivity contribution is 0.401. The molecule has 0 unspecified atom stereocenters. The molecule has 0 aliphatic carbocycles. The van der Waals surface area contributed by atoms with Crippen molar-refractivity contribution in [3.8, 4) is 17.2 Å². The molecule has 0 saturated carbocycles. The first kappa shape index (κ1) is 10.8. The fourth-order valence-corrected chi connectivity index (χ4v) is 1.55. The third-order valence-corrected chi connectivity index (χ3v) is 2.41. The molecule has 0 aliphatic heterocycles. The molecule has 0 N–H and O–H groups in total. The molecule has 2 rings (SSSR count). The summed E-state index contributed by atoms with van der Waals surface area (Å²) in [4.78, 5) is 0. The predicted molar refractivity (Wildman–Crippen MR) is 59.5 cm³/mol. The van der Waals surface area contributed by atoms with Gasteiger partial charge in [-0.25, -0.2) is 0 Å². The summed E-state index contributed by atoms with van der Waals surface area (Å²) < 4.78 is 12.0. The molecule has 0 saturated heterocycles. The molecule has 0 amide bonds. The van der Waals surface area contributed by atoms with Gasteiger partial charge in [0, 0.05) is 6.07 Å². The highest BCUT2D eigenvalue weighted by molar-refractivity contribution is 6.28. The predicted octanol–water partition coefficient (Wildman–Crippen LogP) is 1.94. The Morgan fingerprint density at radius 2 is 2.06 bits per heavy atom. The van der Waals surface area contributed by atoms with Crippen molar-refractivity contribution in [1.29, 1.82) is 0 Å². The van der Waals surface area contributed by atoms with Crippen LogP contribution in [0.15, 0.2) is 24.5 Å². The molecule has 0 aliphatic rings. The standard InChI is InChI=1S/C10H10ClN3O2/c1-15-7-3-4-9(16-2)8(5-7)14-6-12-13-10(14)11/h3-6H,1-2H3. The molecule has 0 radical (unpaired) electrons. The van der Waals surface area contributed by atoms with Gasteiger partial charge in [-0.15, -0.1) is 10.2 Å². The number of ether oxygens (including phenoxy) is 2. The van der Waals surface area contributed by atoms with Gasteiger partial charge in [-0.05, 0) is 23.7 Å². The van der Waals surface area contributed by atoms with Crippen LogP contribution in [0.3, 0.4) is 0 Å². The molecule has 84 valence electrons. The zero-order valence-electron chi connectivity index (χ0n) is 8.85. The zero-order chi connectivity index (χ0) is 11.5. The quantitative estimate of drug-likeness (QED) is 0.821. The highest BCUT2D eigenvalue weighted by Crippen LogP contribution is 2.28. The van der Waals surface area contributed by atoms with E-state index < -0.39 is 0 Å². The lowest BCUT2D eigenvalue weighted by Crippen LogP contribution is -1.98. The van der Waals surface area contributed by atoms with Gasteiger partial charge in [-0.1, -0.05) is 0 Å². The molecular weight excluding hydrogens is 230 g/mol. The number of hydrogen-bond donors (Lipinski definition) is 0. The SMILES string of the molecule is COc1ccc(OC)c(-n2cnnc2Cl)c1. The van der Waals surface area contributed by atoms with E-state index in [9.17, 15) is 0 Å². The van der Waals surface area contributed by atoms with Crippen LogP contribution in [-0.4, -0.2) is 29.0 Å². The molecule has 16 heavy (non-hydrogen) atoms. The van der Waals surface area contributed by atoms with Gasteiger partial charge < -0.3 is 9.47 Å². The van der Waals surface area contributed by atoms with Crippen molar-refractivity contribution in [3.05, 3.63) is 29.8 Å². The van der Waals surface area contributed by atoms with E-state index in [4.69, 9.17) is 21.1 Å². The Balaban J connectivity index is 2.57. The molecule has 0 spiro atoms. The van der Waals surface area contributed by atoms with Crippen molar-refractivity contribution >= 4 is 11.6 Å². The molecule has 1 aromatic carbocycles. The molecule has 2 aromatic rings. The number of aromatic nitrogens is 3. The molecule has 6 heteroatoms. The van der Waals surface area contributed by atoms with Gasteiger partial charge in [0.2, 0.25) is 5.28 Å². The van der Waals surface area contributed by atoms with Crippen molar-refractivity contribution in [2.45, 2.75) is 0 Å². The smallest absolute Gasteiger partial charge is 0.229 e. The lowest BCUT2D eigenvalue weighted by Gasteiger charge is -2.10. The summed E-state index contributed by atoms with van der Waals surface area (Å²) >= 11 is 5.89. The Bertz CT molecular complexity index is 499. The monoisotopic (exact) mass is 239 g/mol. The van der Waals surface area contributed by atoms with Crippen LogP contribution in [0.2, 0.25) is 5.28 Å². The lowest BCUT2D eigenvalue weighted by atomic mass is 10.2. The van der Waals surface area contributed by atoms with Crippen LogP contribution in [0.4, 0.5) is 0 Å². The Morgan fingerprint density at radius 1 is 1.25 bits per heavy atom. The highest BCUT2D eigenvalue weighted by atomic mass is 35.5.